The maximum atomic E-state index is 14.0. The lowest BCUT2D eigenvalue weighted by atomic mass is 9.97. The normalized spacial score (nSPS) is 15.7. The molecule has 0 aliphatic heterocycles. The molecule has 0 saturated heterocycles. The second-order valence-electron chi connectivity index (χ2n) is 5.03. The third kappa shape index (κ3) is 3.13. The van der Waals surface area contributed by atoms with Gasteiger partial charge in [-0.2, -0.15) is 0 Å². The highest BCUT2D eigenvalue weighted by Gasteiger charge is 2.25. The molecule has 1 fully saturated rings. The van der Waals surface area contributed by atoms with Gasteiger partial charge in [0.2, 0.25) is 0 Å². The van der Waals surface area contributed by atoms with Gasteiger partial charge in [0.15, 0.2) is 0 Å². The van der Waals surface area contributed by atoms with Crippen LogP contribution in [0.5, 0.6) is 0 Å². The molecule has 0 unspecified atom stereocenters. The Kier molecular flexibility index (Phi) is 4.32. The van der Waals surface area contributed by atoms with Crippen LogP contribution >= 0.6 is 0 Å². The van der Waals surface area contributed by atoms with Crippen LogP contribution in [0.3, 0.4) is 0 Å². The number of rotatable bonds is 4. The number of nitrogens with zero attached hydrogens (tertiary/aromatic N) is 1. The molecule has 2 rings (SSSR count). The van der Waals surface area contributed by atoms with Crippen molar-refractivity contribution in [1.29, 1.82) is 0 Å². The molecule has 0 atom stereocenters. The van der Waals surface area contributed by atoms with Gasteiger partial charge >= 0.3 is 0 Å². The number of hydrogen-bond acceptors (Lipinski definition) is 2. The van der Waals surface area contributed by atoms with Crippen LogP contribution in [0.4, 0.5) is 4.39 Å². The first-order chi connectivity index (χ1) is 9.56. The van der Waals surface area contributed by atoms with Crippen molar-refractivity contribution in [3.05, 3.63) is 40.7 Å². The van der Waals surface area contributed by atoms with Gasteiger partial charge in [-0.3, -0.25) is 9.79 Å². The Labute approximate surface area is 118 Å². The van der Waals surface area contributed by atoms with Gasteiger partial charge in [0.25, 0.3) is 5.91 Å². The van der Waals surface area contributed by atoms with Gasteiger partial charge < -0.3 is 5.32 Å². The molecule has 1 aromatic rings. The standard InChI is InChI=1S/C16H19FN2O/c1-4-11(9-18-3)13-8-14(15(17)7-10(13)2)16(20)19-12-5-6-12/h4,7-9,12H,5-6H2,1-3H3,(H,19,20)/b11-4+,18-9?. The molecule has 106 valence electrons. The molecule has 1 saturated carbocycles. The minimum atomic E-state index is -0.478. The minimum Gasteiger partial charge on any atom is -0.349 e. The fourth-order valence-electron chi connectivity index (χ4n) is 2.09. The zero-order chi connectivity index (χ0) is 14.7. The molecular weight excluding hydrogens is 255 g/mol. The fraction of sp³-hybridized carbons (Fsp3) is 0.375. The van der Waals surface area contributed by atoms with Gasteiger partial charge in [-0.1, -0.05) is 6.08 Å². The van der Waals surface area contributed by atoms with Crippen molar-refractivity contribution in [1.82, 2.24) is 5.32 Å². The molecule has 3 nitrogen and oxygen atoms in total. The van der Waals surface area contributed by atoms with Crippen molar-refractivity contribution in [2.45, 2.75) is 32.7 Å². The molecule has 0 aromatic heterocycles. The van der Waals surface area contributed by atoms with Crippen molar-refractivity contribution in [3.8, 4) is 0 Å². The smallest absolute Gasteiger partial charge is 0.254 e. The summed E-state index contributed by atoms with van der Waals surface area (Å²) in [5, 5.41) is 2.81. The maximum Gasteiger partial charge on any atom is 0.254 e. The zero-order valence-electron chi connectivity index (χ0n) is 12.0. The van der Waals surface area contributed by atoms with Gasteiger partial charge in [-0.05, 0) is 55.5 Å². The van der Waals surface area contributed by atoms with Crippen molar-refractivity contribution in [3.63, 3.8) is 0 Å². The highest BCUT2D eigenvalue weighted by molar-refractivity contribution is 6.11. The van der Waals surface area contributed by atoms with E-state index in [4.69, 9.17) is 0 Å². The summed E-state index contributed by atoms with van der Waals surface area (Å²) >= 11 is 0. The average molecular weight is 274 g/mol. The van der Waals surface area contributed by atoms with E-state index in [0.29, 0.717) is 0 Å². The fourth-order valence-corrected chi connectivity index (χ4v) is 2.09. The average Bonchev–Trinajstić information content (AvgIpc) is 3.20. The molecule has 0 spiro atoms. The van der Waals surface area contributed by atoms with Crippen LogP contribution in [0.2, 0.25) is 0 Å². The van der Waals surface area contributed by atoms with Crippen LogP contribution in [0, 0.1) is 12.7 Å². The maximum absolute atomic E-state index is 14.0. The van der Waals surface area contributed by atoms with Crippen molar-refractivity contribution >= 4 is 17.7 Å². The Morgan fingerprint density at radius 2 is 2.10 bits per heavy atom. The summed E-state index contributed by atoms with van der Waals surface area (Å²) in [4.78, 5) is 16.0. The number of allylic oxidation sites excluding steroid dienone is 2. The summed E-state index contributed by atoms with van der Waals surface area (Å²) in [6, 6.07) is 3.23. The second kappa shape index (κ2) is 5.99. The largest absolute Gasteiger partial charge is 0.349 e. The molecule has 1 amide bonds. The van der Waals surface area contributed by atoms with Gasteiger partial charge in [-0.15, -0.1) is 0 Å². The highest BCUT2D eigenvalue weighted by Crippen LogP contribution is 2.24. The van der Waals surface area contributed by atoms with Crippen LogP contribution in [-0.2, 0) is 0 Å². The summed E-state index contributed by atoms with van der Waals surface area (Å²) < 4.78 is 14.0. The first-order valence-electron chi connectivity index (χ1n) is 6.76. The van der Waals surface area contributed by atoms with Gasteiger partial charge in [0.1, 0.15) is 5.82 Å². The Hall–Kier alpha value is -1.97. The van der Waals surface area contributed by atoms with Crippen LogP contribution in [0.25, 0.3) is 5.57 Å². The van der Waals surface area contributed by atoms with E-state index in [9.17, 15) is 9.18 Å². The zero-order valence-corrected chi connectivity index (χ0v) is 12.0. The third-order valence-corrected chi connectivity index (χ3v) is 3.36. The Bertz CT molecular complexity index is 586. The number of carbonyl (C=O) groups excluding carboxylic acids is 1. The van der Waals surface area contributed by atoms with E-state index >= 15 is 0 Å². The van der Waals surface area contributed by atoms with Crippen molar-refractivity contribution < 1.29 is 9.18 Å². The lowest BCUT2D eigenvalue weighted by Gasteiger charge is -2.11. The van der Waals surface area contributed by atoms with E-state index in [1.165, 1.54) is 6.07 Å². The predicted molar refractivity (Wildman–Crippen MR) is 79.7 cm³/mol. The van der Waals surface area contributed by atoms with Crippen LogP contribution in [0.1, 0.15) is 41.3 Å². The van der Waals surface area contributed by atoms with Crippen LogP contribution in [-0.4, -0.2) is 25.2 Å². The van der Waals surface area contributed by atoms with E-state index in [1.807, 2.05) is 19.9 Å². The molecule has 1 aliphatic rings. The van der Waals surface area contributed by atoms with E-state index in [1.54, 1.807) is 19.3 Å². The predicted octanol–water partition coefficient (Wildman–Crippen LogP) is 3.13. The molecular formula is C16H19FN2O. The molecule has 0 bridgehead atoms. The summed E-state index contributed by atoms with van der Waals surface area (Å²) in [5.74, 6) is -0.816. The Balaban J connectivity index is 2.40. The number of aliphatic imine (C=N–C) groups is 1. The number of carbonyl (C=O) groups is 1. The SMILES string of the molecule is C/C=C(\C=NC)c1cc(C(=O)NC2CC2)c(F)cc1C. The lowest BCUT2D eigenvalue weighted by Crippen LogP contribution is -2.26. The molecule has 4 heteroatoms. The molecule has 1 aliphatic carbocycles. The van der Waals surface area contributed by atoms with Crippen molar-refractivity contribution in [2.75, 3.05) is 7.05 Å². The molecule has 20 heavy (non-hydrogen) atoms. The van der Waals surface area contributed by atoms with E-state index in [0.717, 1.165) is 29.5 Å². The third-order valence-electron chi connectivity index (χ3n) is 3.36. The van der Waals surface area contributed by atoms with E-state index in [2.05, 4.69) is 10.3 Å². The van der Waals surface area contributed by atoms with Crippen LogP contribution < -0.4 is 5.32 Å². The quantitative estimate of drug-likeness (QED) is 0.842. The molecule has 0 heterocycles. The topological polar surface area (TPSA) is 41.5 Å². The second-order valence-corrected chi connectivity index (χ2v) is 5.03. The molecule has 0 radical (unpaired) electrons. The summed E-state index contributed by atoms with van der Waals surface area (Å²) in [6.45, 7) is 3.72. The van der Waals surface area contributed by atoms with E-state index < -0.39 is 5.82 Å². The van der Waals surface area contributed by atoms with Gasteiger partial charge in [0, 0.05) is 19.3 Å². The van der Waals surface area contributed by atoms with Gasteiger partial charge in [-0.25, -0.2) is 4.39 Å². The summed E-state index contributed by atoms with van der Waals surface area (Å²) in [7, 11) is 1.68. The molecule has 1 N–H and O–H groups in total. The van der Waals surface area contributed by atoms with Crippen LogP contribution in [0.15, 0.2) is 23.2 Å². The molecule has 1 aromatic carbocycles. The highest BCUT2D eigenvalue weighted by atomic mass is 19.1. The summed E-state index contributed by atoms with van der Waals surface area (Å²) in [5.41, 5.74) is 2.60. The number of benzene rings is 1. The first kappa shape index (κ1) is 14.4. The van der Waals surface area contributed by atoms with Gasteiger partial charge in [0.05, 0.1) is 5.56 Å². The van der Waals surface area contributed by atoms with Crippen molar-refractivity contribution in [2.24, 2.45) is 4.99 Å². The summed E-state index contributed by atoms with van der Waals surface area (Å²) in [6.07, 6.45) is 5.57. The Morgan fingerprint density at radius 1 is 1.40 bits per heavy atom. The number of amides is 1. The first-order valence-corrected chi connectivity index (χ1v) is 6.76. The van der Waals surface area contributed by atoms with E-state index in [-0.39, 0.29) is 17.5 Å². The Morgan fingerprint density at radius 3 is 2.65 bits per heavy atom. The number of aryl methyl sites for hydroxylation is 1. The number of nitrogens with one attached hydrogen (secondary N) is 1. The number of halogens is 1. The lowest BCUT2D eigenvalue weighted by molar-refractivity contribution is 0.0947. The number of hydrogen-bond donors (Lipinski definition) is 1. The monoisotopic (exact) mass is 274 g/mol. The minimum absolute atomic E-state index is 0.0985.